The van der Waals surface area contributed by atoms with Crippen LogP contribution in [-0.2, 0) is 11.2 Å². The van der Waals surface area contributed by atoms with Crippen molar-refractivity contribution in [2.24, 2.45) is 5.92 Å². The van der Waals surface area contributed by atoms with Crippen LogP contribution >= 0.6 is 0 Å². The molecule has 0 atom stereocenters. The lowest BCUT2D eigenvalue weighted by Crippen LogP contribution is -2.20. The van der Waals surface area contributed by atoms with Gasteiger partial charge >= 0.3 is 5.97 Å². The third-order valence-corrected chi connectivity index (χ3v) is 7.02. The molecule has 1 aliphatic carbocycles. The Kier molecular flexibility index (Phi) is 6.86. The summed E-state index contributed by atoms with van der Waals surface area (Å²) in [5, 5.41) is 7.53. The van der Waals surface area contributed by atoms with E-state index >= 15 is 0 Å². The molecule has 1 N–H and O–H groups in total. The summed E-state index contributed by atoms with van der Waals surface area (Å²) in [6, 6.07) is 14.1. The fourth-order valence-corrected chi connectivity index (χ4v) is 5.06. The van der Waals surface area contributed by atoms with Crippen LogP contribution in [-0.4, -0.2) is 36.3 Å². The minimum Gasteiger partial charge on any atom is -0.465 e. The average Bonchev–Trinajstić information content (AvgIpc) is 3.60. The second-order valence-corrected chi connectivity index (χ2v) is 9.21. The molecule has 3 aromatic rings. The van der Waals surface area contributed by atoms with E-state index in [0.29, 0.717) is 11.4 Å². The predicted molar refractivity (Wildman–Crippen MR) is 132 cm³/mol. The topological polar surface area (TPSA) is 77.2 Å². The Morgan fingerprint density at radius 1 is 1.09 bits per heavy atom. The molecule has 0 unspecified atom stereocenters. The highest BCUT2D eigenvalue weighted by Crippen LogP contribution is 2.31. The van der Waals surface area contributed by atoms with Gasteiger partial charge in [-0.15, -0.1) is 0 Å². The molecule has 2 aliphatic rings. The Morgan fingerprint density at radius 2 is 1.85 bits per heavy atom. The molecule has 0 radical (unpaired) electrons. The Hall–Kier alpha value is -3.25. The maximum atomic E-state index is 12.4. The zero-order chi connectivity index (χ0) is 23.3. The maximum absolute atomic E-state index is 12.4. The number of aryl methyl sites for hydroxylation is 1. The molecule has 34 heavy (non-hydrogen) atoms. The van der Waals surface area contributed by atoms with Gasteiger partial charge in [-0.1, -0.05) is 67.2 Å². The van der Waals surface area contributed by atoms with Crippen molar-refractivity contribution in [2.75, 3.05) is 20.2 Å². The highest BCUT2D eigenvalue weighted by molar-refractivity contribution is 5.96. The number of hydrogen-bond donors (Lipinski definition) is 1. The summed E-state index contributed by atoms with van der Waals surface area (Å²) in [6.45, 7) is 1.71. The van der Waals surface area contributed by atoms with E-state index in [0.717, 1.165) is 66.4 Å². The van der Waals surface area contributed by atoms with Crippen LogP contribution in [0.4, 0.5) is 0 Å². The van der Waals surface area contributed by atoms with E-state index in [1.165, 1.54) is 38.4 Å². The fourth-order valence-electron chi connectivity index (χ4n) is 5.06. The highest BCUT2D eigenvalue weighted by Gasteiger charge is 2.19. The van der Waals surface area contributed by atoms with Gasteiger partial charge in [-0.25, -0.2) is 4.79 Å². The second kappa shape index (κ2) is 10.3. The molecule has 176 valence electrons. The number of benzene rings is 2. The molecule has 2 heterocycles. The highest BCUT2D eigenvalue weighted by atomic mass is 16.5. The minimum atomic E-state index is -0.308. The third-order valence-electron chi connectivity index (χ3n) is 7.02. The molecule has 1 aromatic heterocycles. The molecule has 0 bridgehead atoms. The van der Waals surface area contributed by atoms with E-state index in [1.807, 2.05) is 24.3 Å². The number of methoxy groups -OCH3 is 1. The first kappa shape index (κ1) is 22.5. The van der Waals surface area contributed by atoms with Crippen molar-refractivity contribution >= 4 is 11.5 Å². The zero-order valence-electron chi connectivity index (χ0n) is 19.7. The lowest BCUT2D eigenvalue weighted by molar-refractivity contribution is 0.0600. The zero-order valence-corrected chi connectivity index (χ0v) is 19.7. The van der Waals surface area contributed by atoms with Crippen LogP contribution in [0, 0.1) is 5.92 Å². The Balaban J connectivity index is 1.35. The number of esters is 1. The van der Waals surface area contributed by atoms with Crippen LogP contribution in [0.5, 0.6) is 0 Å². The van der Waals surface area contributed by atoms with Crippen molar-refractivity contribution in [3.05, 3.63) is 65.6 Å². The van der Waals surface area contributed by atoms with Crippen molar-refractivity contribution in [3.8, 4) is 22.5 Å². The van der Waals surface area contributed by atoms with E-state index in [1.54, 1.807) is 0 Å². The molecule has 6 nitrogen and oxygen atoms in total. The first-order valence-electron chi connectivity index (χ1n) is 12.3. The summed E-state index contributed by atoms with van der Waals surface area (Å²) in [5.74, 6) is 1.86. The Bertz CT molecular complexity index is 1170. The average molecular weight is 458 g/mol. The van der Waals surface area contributed by atoms with Gasteiger partial charge in [-0.3, -0.25) is 0 Å². The Morgan fingerprint density at radius 3 is 2.59 bits per heavy atom. The number of ether oxygens (including phenoxy) is 1. The normalized spacial score (nSPS) is 16.4. The molecule has 0 spiro atoms. The molecular weight excluding hydrogens is 426 g/mol. The molecule has 1 saturated carbocycles. The lowest BCUT2D eigenvalue weighted by Gasteiger charge is -2.18. The fraction of sp³-hybridized carbons (Fsp3) is 0.393. The lowest BCUT2D eigenvalue weighted by atomic mass is 9.91. The number of nitrogens with zero attached hydrogens (tertiary/aromatic N) is 2. The third kappa shape index (κ3) is 4.97. The van der Waals surface area contributed by atoms with Crippen LogP contribution in [0.15, 0.2) is 53.1 Å². The van der Waals surface area contributed by atoms with Crippen LogP contribution in [0.3, 0.4) is 0 Å². The van der Waals surface area contributed by atoms with E-state index in [4.69, 9.17) is 9.26 Å². The predicted octanol–water partition coefficient (Wildman–Crippen LogP) is 5.69. The first-order chi connectivity index (χ1) is 16.7. The molecule has 5 rings (SSSR count). The van der Waals surface area contributed by atoms with Gasteiger partial charge in [-0.2, -0.15) is 4.98 Å². The number of hydrogen-bond acceptors (Lipinski definition) is 6. The summed E-state index contributed by atoms with van der Waals surface area (Å²) >= 11 is 0. The molecule has 2 aromatic carbocycles. The molecular formula is C28H31N3O3. The van der Waals surface area contributed by atoms with Crippen molar-refractivity contribution in [2.45, 2.75) is 44.9 Å². The Labute approximate surface area is 200 Å². The number of carbonyl (C=O) groups is 1. The van der Waals surface area contributed by atoms with E-state index in [-0.39, 0.29) is 5.97 Å². The quantitative estimate of drug-likeness (QED) is 0.459. The van der Waals surface area contributed by atoms with E-state index < -0.39 is 0 Å². The summed E-state index contributed by atoms with van der Waals surface area (Å²) in [5.41, 5.74) is 5.79. The van der Waals surface area contributed by atoms with Gasteiger partial charge in [-0.05, 0) is 59.7 Å². The molecule has 1 fully saturated rings. The SMILES string of the molecule is COC(=O)c1ccc(-c2ccc(-c3noc(CCC4CCCC4)n3)cc2)cc1C1=CCNCC1. The van der Waals surface area contributed by atoms with Crippen LogP contribution in [0.25, 0.3) is 28.1 Å². The first-order valence-corrected chi connectivity index (χ1v) is 12.3. The van der Waals surface area contributed by atoms with Crippen molar-refractivity contribution < 1.29 is 14.1 Å². The maximum Gasteiger partial charge on any atom is 0.338 e. The van der Waals surface area contributed by atoms with Crippen molar-refractivity contribution in [3.63, 3.8) is 0 Å². The molecule has 1 aliphatic heterocycles. The number of carbonyl (C=O) groups excluding carboxylic acids is 1. The summed E-state index contributed by atoms with van der Waals surface area (Å²) < 4.78 is 10.5. The molecule has 0 amide bonds. The standard InChI is InChI=1S/C28H31N3O3/c1-33-28(32)24-12-11-23(18-25(24)21-14-16-29-17-15-21)20-7-9-22(10-8-20)27-30-26(34-31-27)13-6-19-4-2-3-5-19/h7-12,14,18-19,29H,2-6,13,15-17H2,1H3. The monoisotopic (exact) mass is 457 g/mol. The van der Waals surface area contributed by atoms with Gasteiger partial charge in [0.05, 0.1) is 12.7 Å². The summed E-state index contributed by atoms with van der Waals surface area (Å²) in [4.78, 5) is 17.0. The van der Waals surface area contributed by atoms with Gasteiger partial charge in [0.15, 0.2) is 0 Å². The van der Waals surface area contributed by atoms with Crippen LogP contribution in [0.2, 0.25) is 0 Å². The van der Waals surface area contributed by atoms with Gasteiger partial charge < -0.3 is 14.6 Å². The molecule has 0 saturated heterocycles. The van der Waals surface area contributed by atoms with Crippen LogP contribution < -0.4 is 5.32 Å². The van der Waals surface area contributed by atoms with E-state index in [9.17, 15) is 4.79 Å². The van der Waals surface area contributed by atoms with Gasteiger partial charge in [0.25, 0.3) is 0 Å². The largest absolute Gasteiger partial charge is 0.465 e. The van der Waals surface area contributed by atoms with Crippen LogP contribution in [0.1, 0.15) is 60.3 Å². The number of rotatable bonds is 7. The summed E-state index contributed by atoms with van der Waals surface area (Å²) in [6.07, 6.45) is 10.4. The van der Waals surface area contributed by atoms with Gasteiger partial charge in [0.2, 0.25) is 11.7 Å². The van der Waals surface area contributed by atoms with Gasteiger partial charge in [0.1, 0.15) is 0 Å². The van der Waals surface area contributed by atoms with Gasteiger partial charge in [0, 0.05) is 18.5 Å². The van der Waals surface area contributed by atoms with E-state index in [2.05, 4.69) is 39.7 Å². The van der Waals surface area contributed by atoms with Crippen molar-refractivity contribution in [1.29, 1.82) is 0 Å². The summed E-state index contributed by atoms with van der Waals surface area (Å²) in [7, 11) is 1.42. The second-order valence-electron chi connectivity index (χ2n) is 9.21. The van der Waals surface area contributed by atoms with Crippen molar-refractivity contribution in [1.82, 2.24) is 15.5 Å². The number of aromatic nitrogens is 2. The number of nitrogens with one attached hydrogen (secondary N) is 1. The minimum absolute atomic E-state index is 0.308. The smallest absolute Gasteiger partial charge is 0.338 e. The molecule has 6 heteroatoms.